The number of esters is 1. The van der Waals surface area contributed by atoms with Crippen LogP contribution in [-0.4, -0.2) is 39.4 Å². The number of ether oxygens (including phenoxy) is 2. The van der Waals surface area contributed by atoms with Crippen LogP contribution in [0.25, 0.3) is 22.7 Å². The first-order valence-electron chi connectivity index (χ1n) is 10.6. The highest BCUT2D eigenvalue weighted by Crippen LogP contribution is 2.32. The third kappa shape index (κ3) is 5.79. The van der Waals surface area contributed by atoms with Crippen molar-refractivity contribution in [2.24, 2.45) is 5.92 Å². The van der Waals surface area contributed by atoms with Crippen LogP contribution in [0.2, 0.25) is 0 Å². The maximum atomic E-state index is 12.0. The predicted octanol–water partition coefficient (Wildman–Crippen LogP) is 5.54. The van der Waals surface area contributed by atoms with Crippen molar-refractivity contribution in [1.82, 2.24) is 15.0 Å². The Bertz CT molecular complexity index is 1110. The van der Waals surface area contributed by atoms with Crippen molar-refractivity contribution in [2.45, 2.75) is 65.6 Å². The summed E-state index contributed by atoms with van der Waals surface area (Å²) >= 11 is 1.48. The van der Waals surface area contributed by atoms with Crippen molar-refractivity contribution in [1.29, 1.82) is 0 Å². The Kier molecular flexibility index (Phi) is 7.12. The third-order valence-corrected chi connectivity index (χ3v) is 5.10. The van der Waals surface area contributed by atoms with E-state index in [1.165, 1.54) is 11.8 Å². The zero-order valence-electron chi connectivity index (χ0n) is 20.0. The number of carbonyl (C=O) groups is 1. The number of rotatable bonds is 7. The summed E-state index contributed by atoms with van der Waals surface area (Å²) in [4.78, 5) is 25.9. The van der Waals surface area contributed by atoms with Gasteiger partial charge in [-0.3, -0.25) is 0 Å². The van der Waals surface area contributed by atoms with E-state index >= 15 is 0 Å². The molecule has 0 spiro atoms. The third-order valence-electron chi connectivity index (χ3n) is 4.56. The van der Waals surface area contributed by atoms with E-state index in [2.05, 4.69) is 23.8 Å². The molecule has 7 nitrogen and oxygen atoms in total. The fourth-order valence-corrected chi connectivity index (χ4v) is 3.78. The van der Waals surface area contributed by atoms with E-state index in [0.717, 1.165) is 28.8 Å². The van der Waals surface area contributed by atoms with Crippen LogP contribution in [-0.2, 0) is 16.0 Å². The molecule has 0 fully saturated rings. The molecule has 0 atom stereocenters. The molecule has 32 heavy (non-hydrogen) atoms. The molecule has 0 unspecified atom stereocenters. The second-order valence-corrected chi connectivity index (χ2v) is 10.0. The fraction of sp³-hybridized carbons (Fsp3) is 0.500. The first-order valence-corrected chi connectivity index (χ1v) is 11.9. The molecular weight excluding hydrogens is 426 g/mol. The van der Waals surface area contributed by atoms with Crippen LogP contribution >= 0.6 is 11.8 Å². The minimum absolute atomic E-state index is 0.146. The van der Waals surface area contributed by atoms with Crippen LogP contribution in [0.15, 0.2) is 21.7 Å². The average molecular weight is 458 g/mol. The number of hydrogen-bond acceptors (Lipinski definition) is 8. The van der Waals surface area contributed by atoms with E-state index in [9.17, 15) is 4.79 Å². The van der Waals surface area contributed by atoms with Crippen molar-refractivity contribution in [3.8, 4) is 17.2 Å². The lowest BCUT2D eigenvalue weighted by molar-refractivity contribution is -0.157. The van der Waals surface area contributed by atoms with Gasteiger partial charge in [-0.15, -0.1) is 0 Å². The number of nitrogens with zero attached hydrogens (tertiary/aromatic N) is 3. The van der Waals surface area contributed by atoms with Crippen LogP contribution in [0.3, 0.4) is 0 Å². The number of oxazole rings is 1. The van der Waals surface area contributed by atoms with Gasteiger partial charge in [-0.2, -0.15) is 4.98 Å². The molecule has 172 valence electrons. The van der Waals surface area contributed by atoms with Gasteiger partial charge in [0.2, 0.25) is 5.89 Å². The summed E-state index contributed by atoms with van der Waals surface area (Å²) in [6.45, 7) is 13.5. The highest BCUT2D eigenvalue weighted by Gasteiger charge is 2.20. The van der Waals surface area contributed by atoms with Gasteiger partial charge in [-0.1, -0.05) is 25.6 Å². The molecule has 0 saturated heterocycles. The number of fused-ring (bicyclic) bond motifs is 1. The molecule has 0 amide bonds. The summed E-state index contributed by atoms with van der Waals surface area (Å²) in [7, 11) is 0. The maximum Gasteiger partial charge on any atom is 0.344 e. The highest BCUT2D eigenvalue weighted by molar-refractivity contribution is 7.98. The largest absolute Gasteiger partial charge is 0.481 e. The van der Waals surface area contributed by atoms with Crippen molar-refractivity contribution in [3.05, 3.63) is 29.0 Å². The monoisotopic (exact) mass is 457 g/mol. The van der Waals surface area contributed by atoms with Crippen LogP contribution in [0.4, 0.5) is 0 Å². The standard InChI is InChI=1S/C24H31N3O4S/c1-13(2)9-17-19-22(27-23(25-17)32-8)30-21(26-19)16-10-14(3)20(15(4)11-16)29-12-18(28)31-24(5,6)7/h10-11,13H,9,12H2,1-8H3. The number of aromatic nitrogens is 3. The van der Waals surface area contributed by atoms with Gasteiger partial charge in [0.05, 0.1) is 5.69 Å². The molecule has 0 aliphatic heterocycles. The zero-order chi connectivity index (χ0) is 23.6. The molecule has 2 aromatic heterocycles. The minimum Gasteiger partial charge on any atom is -0.481 e. The molecule has 0 aliphatic rings. The number of carbonyl (C=O) groups excluding carboxylic acids is 1. The quantitative estimate of drug-likeness (QED) is 0.259. The average Bonchev–Trinajstić information content (AvgIpc) is 3.09. The molecule has 2 heterocycles. The smallest absolute Gasteiger partial charge is 0.344 e. The molecule has 1 aromatic carbocycles. The van der Waals surface area contributed by atoms with Crippen molar-refractivity contribution in [3.63, 3.8) is 0 Å². The lowest BCUT2D eigenvalue weighted by Crippen LogP contribution is -2.27. The summed E-state index contributed by atoms with van der Waals surface area (Å²) in [5.74, 6) is 1.18. The van der Waals surface area contributed by atoms with E-state index in [1.807, 2.05) is 53.0 Å². The lowest BCUT2D eigenvalue weighted by Gasteiger charge is -2.20. The van der Waals surface area contributed by atoms with Gasteiger partial charge < -0.3 is 13.9 Å². The van der Waals surface area contributed by atoms with E-state index in [4.69, 9.17) is 18.9 Å². The maximum absolute atomic E-state index is 12.0. The Labute approximate surface area is 193 Å². The molecule has 0 radical (unpaired) electrons. The second kappa shape index (κ2) is 9.48. The van der Waals surface area contributed by atoms with Crippen LogP contribution in [0.5, 0.6) is 5.75 Å². The number of hydrogen-bond donors (Lipinski definition) is 0. The Balaban J connectivity index is 1.91. The molecule has 0 saturated carbocycles. The predicted molar refractivity (Wildman–Crippen MR) is 126 cm³/mol. The van der Waals surface area contributed by atoms with Crippen molar-refractivity contribution in [2.75, 3.05) is 12.9 Å². The highest BCUT2D eigenvalue weighted by atomic mass is 32.2. The Morgan fingerprint density at radius 1 is 1.12 bits per heavy atom. The van der Waals surface area contributed by atoms with Crippen LogP contribution in [0, 0.1) is 19.8 Å². The van der Waals surface area contributed by atoms with Gasteiger partial charge in [0.1, 0.15) is 11.4 Å². The lowest BCUT2D eigenvalue weighted by atomic mass is 10.1. The zero-order valence-corrected chi connectivity index (χ0v) is 20.8. The Morgan fingerprint density at radius 2 is 1.78 bits per heavy atom. The molecule has 8 heteroatoms. The van der Waals surface area contributed by atoms with E-state index in [1.54, 1.807) is 0 Å². The molecule has 0 aliphatic carbocycles. The van der Waals surface area contributed by atoms with Crippen molar-refractivity contribution >= 4 is 29.0 Å². The van der Waals surface area contributed by atoms with Crippen LogP contribution in [0.1, 0.15) is 51.4 Å². The van der Waals surface area contributed by atoms with Gasteiger partial charge in [0, 0.05) is 5.56 Å². The van der Waals surface area contributed by atoms with Crippen LogP contribution < -0.4 is 4.74 Å². The first-order chi connectivity index (χ1) is 15.0. The van der Waals surface area contributed by atoms with Gasteiger partial charge in [-0.25, -0.2) is 14.8 Å². The summed E-state index contributed by atoms with van der Waals surface area (Å²) < 4.78 is 17.1. The van der Waals surface area contributed by atoms with E-state index < -0.39 is 11.6 Å². The van der Waals surface area contributed by atoms with Gasteiger partial charge in [0.15, 0.2) is 17.3 Å². The summed E-state index contributed by atoms with van der Waals surface area (Å²) in [6.07, 6.45) is 2.74. The summed E-state index contributed by atoms with van der Waals surface area (Å²) in [6, 6.07) is 3.88. The summed E-state index contributed by atoms with van der Waals surface area (Å²) in [5.41, 5.74) is 4.13. The Hall–Kier alpha value is -2.61. The number of thioether (sulfide) groups is 1. The fourth-order valence-electron chi connectivity index (χ4n) is 3.40. The topological polar surface area (TPSA) is 87.3 Å². The minimum atomic E-state index is -0.547. The van der Waals surface area contributed by atoms with E-state index in [0.29, 0.717) is 33.9 Å². The van der Waals surface area contributed by atoms with Gasteiger partial charge in [0.25, 0.3) is 5.71 Å². The molecule has 3 aromatic rings. The first kappa shape index (κ1) is 24.0. The van der Waals surface area contributed by atoms with Gasteiger partial charge in [-0.05, 0) is 76.5 Å². The molecular formula is C24H31N3O4S. The van der Waals surface area contributed by atoms with E-state index in [-0.39, 0.29) is 6.61 Å². The normalized spacial score (nSPS) is 11.9. The Morgan fingerprint density at radius 3 is 2.34 bits per heavy atom. The molecule has 0 bridgehead atoms. The second-order valence-electron chi connectivity index (χ2n) is 9.24. The number of aryl methyl sites for hydroxylation is 2. The number of benzene rings is 1. The summed E-state index contributed by atoms with van der Waals surface area (Å²) in [5, 5.41) is 0.675. The van der Waals surface area contributed by atoms with Crippen molar-refractivity contribution < 1.29 is 18.7 Å². The molecule has 0 N–H and O–H groups in total. The molecule has 3 rings (SSSR count). The SMILES string of the molecule is CSc1nc(CC(C)C)c2nc(-c3cc(C)c(OCC(=O)OC(C)(C)C)c(C)c3)oc2n1. The van der Waals surface area contributed by atoms with Gasteiger partial charge >= 0.3 is 5.97 Å².